The number of aromatic nitrogens is 2. The molecular weight excluding hydrogens is 760 g/mol. The van der Waals surface area contributed by atoms with Crippen molar-refractivity contribution in [3.63, 3.8) is 0 Å². The van der Waals surface area contributed by atoms with Gasteiger partial charge in [-0.1, -0.05) is 56.1 Å². The van der Waals surface area contributed by atoms with Crippen molar-refractivity contribution < 1.29 is 4.92 Å². The Kier molecular flexibility index (Phi) is 10.4. The topological polar surface area (TPSA) is 167 Å². The highest BCUT2D eigenvalue weighted by molar-refractivity contribution is 9.10. The minimum absolute atomic E-state index is 0.1000. The molecule has 6 aromatic rings. The Morgan fingerprint density at radius 1 is 0.700 bits per heavy atom. The SMILES string of the molecule is CC(C)(C#N)c1ccc(Nc2c(N)cnc3ccc(Br)cc23)cc1.CC(C)(C#N)c1ccc(Nc2c([N+](=O)[O-])cnc3ccc(Br)cc23)cc1. The Balaban J connectivity index is 0.000000195. The molecule has 0 unspecified atom stereocenters. The monoisotopic (exact) mass is 790 g/mol. The van der Waals surface area contributed by atoms with Crippen LogP contribution in [0.5, 0.6) is 0 Å². The van der Waals surface area contributed by atoms with Gasteiger partial charge in [0.15, 0.2) is 0 Å². The van der Waals surface area contributed by atoms with Crippen LogP contribution in [0, 0.1) is 32.8 Å². The van der Waals surface area contributed by atoms with Crippen LogP contribution < -0.4 is 16.4 Å². The molecule has 0 aliphatic heterocycles. The van der Waals surface area contributed by atoms with Gasteiger partial charge in [-0.15, -0.1) is 0 Å². The van der Waals surface area contributed by atoms with Gasteiger partial charge in [0.05, 0.1) is 56.5 Å². The molecule has 12 heteroatoms. The molecule has 10 nitrogen and oxygen atoms in total. The predicted molar refractivity (Wildman–Crippen MR) is 207 cm³/mol. The number of nitrogens with two attached hydrogens (primary N) is 1. The van der Waals surface area contributed by atoms with E-state index in [1.165, 1.54) is 6.20 Å². The molecule has 50 heavy (non-hydrogen) atoms. The fraction of sp³-hybridized carbons (Fsp3) is 0.158. The van der Waals surface area contributed by atoms with E-state index in [1.54, 1.807) is 18.3 Å². The number of hydrogen-bond acceptors (Lipinski definition) is 9. The number of halogens is 2. The molecule has 0 spiro atoms. The van der Waals surface area contributed by atoms with Crippen LogP contribution in [0.1, 0.15) is 38.8 Å². The predicted octanol–water partition coefficient (Wildman–Crippen LogP) is 10.6. The van der Waals surface area contributed by atoms with E-state index in [4.69, 9.17) is 5.73 Å². The van der Waals surface area contributed by atoms with E-state index < -0.39 is 15.8 Å². The molecule has 0 amide bonds. The van der Waals surface area contributed by atoms with Gasteiger partial charge in [-0.2, -0.15) is 10.5 Å². The fourth-order valence-corrected chi connectivity index (χ4v) is 5.82. The molecule has 0 aliphatic rings. The molecule has 0 aliphatic carbocycles. The number of nitrogens with one attached hydrogen (secondary N) is 2. The van der Waals surface area contributed by atoms with Crippen LogP contribution in [0.2, 0.25) is 0 Å². The largest absolute Gasteiger partial charge is 0.396 e. The Labute approximate surface area is 306 Å². The van der Waals surface area contributed by atoms with E-state index >= 15 is 0 Å². The summed E-state index contributed by atoms with van der Waals surface area (Å²) in [5.41, 5.74) is 11.7. The van der Waals surface area contributed by atoms with Crippen molar-refractivity contribution in [2.45, 2.75) is 38.5 Å². The lowest BCUT2D eigenvalue weighted by Gasteiger charge is -2.17. The van der Waals surface area contributed by atoms with E-state index in [-0.39, 0.29) is 5.69 Å². The first-order valence-corrected chi connectivity index (χ1v) is 16.9. The highest BCUT2D eigenvalue weighted by atomic mass is 79.9. The molecule has 0 radical (unpaired) electrons. The highest BCUT2D eigenvalue weighted by Gasteiger charge is 2.22. The second-order valence-electron chi connectivity index (χ2n) is 12.6. The Morgan fingerprint density at radius 3 is 1.56 bits per heavy atom. The molecule has 0 fully saturated rings. The number of hydrogen-bond donors (Lipinski definition) is 3. The van der Waals surface area contributed by atoms with E-state index in [0.29, 0.717) is 28.0 Å². The first kappa shape index (κ1) is 35.7. The van der Waals surface area contributed by atoms with Gasteiger partial charge < -0.3 is 16.4 Å². The Morgan fingerprint density at radius 2 is 1.12 bits per heavy atom. The van der Waals surface area contributed by atoms with Gasteiger partial charge >= 0.3 is 5.69 Å². The molecule has 4 N–H and O–H groups in total. The summed E-state index contributed by atoms with van der Waals surface area (Å²) in [5, 5.41) is 38.0. The maximum atomic E-state index is 11.4. The number of benzene rings is 4. The normalized spacial score (nSPS) is 11.2. The van der Waals surface area contributed by atoms with Gasteiger partial charge in [-0.3, -0.25) is 15.1 Å². The smallest absolute Gasteiger partial charge is 0.311 e. The number of nitrogen functional groups attached to an aromatic ring is 1. The van der Waals surface area contributed by atoms with Crippen LogP contribution in [0.15, 0.2) is 106 Å². The number of nitro groups is 1. The zero-order chi connectivity index (χ0) is 36.2. The Hall–Kier alpha value is -5.56. The minimum atomic E-state index is -0.598. The van der Waals surface area contributed by atoms with Gasteiger partial charge in [0, 0.05) is 31.1 Å². The van der Waals surface area contributed by atoms with Crippen molar-refractivity contribution in [2.75, 3.05) is 16.4 Å². The summed E-state index contributed by atoms with van der Waals surface area (Å²) in [6.07, 6.45) is 2.91. The molecule has 6 rings (SSSR count). The third-order valence-electron chi connectivity index (χ3n) is 8.18. The third-order valence-corrected chi connectivity index (χ3v) is 9.16. The summed E-state index contributed by atoms with van der Waals surface area (Å²) in [6, 6.07) is 31.0. The van der Waals surface area contributed by atoms with Crippen molar-refractivity contribution in [3.8, 4) is 12.1 Å². The summed E-state index contributed by atoms with van der Waals surface area (Å²) < 4.78 is 1.78. The molecule has 0 saturated carbocycles. The van der Waals surface area contributed by atoms with Gasteiger partial charge in [0.1, 0.15) is 11.9 Å². The van der Waals surface area contributed by atoms with Gasteiger partial charge in [0.25, 0.3) is 0 Å². The number of fused-ring (bicyclic) bond motifs is 2. The van der Waals surface area contributed by atoms with Crippen LogP contribution >= 0.6 is 31.9 Å². The molecule has 250 valence electrons. The van der Waals surface area contributed by atoms with Crippen LogP contribution in [0.3, 0.4) is 0 Å². The average molecular weight is 793 g/mol. The van der Waals surface area contributed by atoms with E-state index in [2.05, 4.69) is 64.6 Å². The molecule has 0 saturated heterocycles. The summed E-state index contributed by atoms with van der Waals surface area (Å²) in [7, 11) is 0. The van der Waals surface area contributed by atoms with Crippen molar-refractivity contribution in [3.05, 3.63) is 128 Å². The molecule has 2 heterocycles. The Bertz CT molecular complexity index is 2310. The second-order valence-corrected chi connectivity index (χ2v) is 14.4. The van der Waals surface area contributed by atoms with Crippen molar-refractivity contribution in [2.24, 2.45) is 0 Å². The van der Waals surface area contributed by atoms with Crippen molar-refractivity contribution in [1.82, 2.24) is 9.97 Å². The molecule has 0 bridgehead atoms. The van der Waals surface area contributed by atoms with Crippen molar-refractivity contribution in [1.29, 1.82) is 10.5 Å². The fourth-order valence-electron chi connectivity index (χ4n) is 5.10. The molecule has 0 atom stereocenters. The van der Waals surface area contributed by atoms with Gasteiger partial charge in [0.2, 0.25) is 0 Å². The molecular formula is C38H32Br2N8O2. The van der Waals surface area contributed by atoms with E-state index in [1.807, 2.05) is 100 Å². The van der Waals surface area contributed by atoms with Crippen LogP contribution in [-0.4, -0.2) is 14.9 Å². The van der Waals surface area contributed by atoms with Crippen LogP contribution in [0.25, 0.3) is 21.8 Å². The molecule has 4 aromatic carbocycles. The summed E-state index contributed by atoms with van der Waals surface area (Å²) in [4.78, 5) is 19.5. The van der Waals surface area contributed by atoms with Crippen LogP contribution in [-0.2, 0) is 10.8 Å². The molecule has 2 aromatic heterocycles. The van der Waals surface area contributed by atoms with Crippen LogP contribution in [0.4, 0.5) is 34.1 Å². The van der Waals surface area contributed by atoms with E-state index in [0.717, 1.165) is 42.4 Å². The number of nitriles is 2. The van der Waals surface area contributed by atoms with Gasteiger partial charge in [-0.05, 0) is 99.5 Å². The number of rotatable bonds is 7. The number of nitrogens with zero attached hydrogens (tertiary/aromatic N) is 5. The average Bonchev–Trinajstić information content (AvgIpc) is 3.10. The maximum absolute atomic E-state index is 11.4. The maximum Gasteiger partial charge on any atom is 0.311 e. The summed E-state index contributed by atoms with van der Waals surface area (Å²) in [6.45, 7) is 7.49. The zero-order valence-electron chi connectivity index (χ0n) is 27.6. The minimum Gasteiger partial charge on any atom is -0.396 e. The van der Waals surface area contributed by atoms with Crippen molar-refractivity contribution >= 4 is 87.8 Å². The first-order valence-electron chi connectivity index (χ1n) is 15.4. The summed E-state index contributed by atoms with van der Waals surface area (Å²) >= 11 is 6.89. The number of pyridine rings is 2. The van der Waals surface area contributed by atoms with Gasteiger partial charge in [-0.25, -0.2) is 4.98 Å². The third kappa shape index (κ3) is 7.84. The lowest BCUT2D eigenvalue weighted by atomic mass is 9.86. The lowest BCUT2D eigenvalue weighted by Crippen LogP contribution is -2.13. The van der Waals surface area contributed by atoms with E-state index in [9.17, 15) is 20.6 Å². The lowest BCUT2D eigenvalue weighted by molar-refractivity contribution is -0.384. The number of anilines is 5. The first-order chi connectivity index (χ1) is 23.7. The quantitative estimate of drug-likeness (QED) is 0.105. The highest BCUT2D eigenvalue weighted by Crippen LogP contribution is 2.36. The standard InChI is InChI=1S/C19H15BrN4O2.C19H17BrN4/c1-19(2,11-21)12-3-6-14(7-4-12)23-18-15-9-13(20)5-8-16(15)22-10-17(18)24(25)26;1-19(2,11-21)12-3-6-14(7-4-12)24-18-15-9-13(20)5-8-17(15)23-10-16(18)22/h3-10H,1-2H3,(H,22,23);3-10H,22H2,1-2H3,(H,23,24). The summed E-state index contributed by atoms with van der Waals surface area (Å²) in [5.74, 6) is 0. The zero-order valence-corrected chi connectivity index (χ0v) is 30.8. The second kappa shape index (κ2) is 14.5.